The molecule has 0 spiro atoms. The molecule has 0 aromatic heterocycles. The number of imide groups is 2. The SMILES string of the molecule is CCOc1cc(C=C2C(=O)NC(=O)N(c3ccc(Br)c(C)c3)C2=O)ccc1OCc1ccc(C(=O)O)cc1. The van der Waals surface area contributed by atoms with Crippen LogP contribution in [0.15, 0.2) is 70.7 Å². The number of benzene rings is 3. The van der Waals surface area contributed by atoms with Crippen molar-refractivity contribution in [2.45, 2.75) is 20.5 Å². The number of amides is 4. The predicted molar refractivity (Wildman–Crippen MR) is 143 cm³/mol. The van der Waals surface area contributed by atoms with E-state index in [9.17, 15) is 19.2 Å². The molecule has 194 valence electrons. The zero-order valence-electron chi connectivity index (χ0n) is 20.5. The number of urea groups is 1. The van der Waals surface area contributed by atoms with E-state index in [4.69, 9.17) is 14.6 Å². The van der Waals surface area contributed by atoms with Crippen molar-refractivity contribution in [3.05, 3.63) is 93.0 Å². The number of halogens is 1. The van der Waals surface area contributed by atoms with Gasteiger partial charge in [-0.15, -0.1) is 0 Å². The van der Waals surface area contributed by atoms with Gasteiger partial charge in [0, 0.05) is 4.47 Å². The van der Waals surface area contributed by atoms with Gasteiger partial charge in [0.1, 0.15) is 12.2 Å². The maximum Gasteiger partial charge on any atom is 0.335 e. The lowest BCUT2D eigenvalue weighted by molar-refractivity contribution is -0.122. The van der Waals surface area contributed by atoms with E-state index in [0.717, 1.165) is 20.5 Å². The quantitative estimate of drug-likeness (QED) is 0.281. The highest BCUT2D eigenvalue weighted by Gasteiger charge is 2.37. The molecule has 9 nitrogen and oxygen atoms in total. The Morgan fingerprint density at radius 2 is 1.74 bits per heavy atom. The van der Waals surface area contributed by atoms with Crippen LogP contribution in [0.2, 0.25) is 0 Å². The first kappa shape index (κ1) is 26.6. The molecule has 4 rings (SSSR count). The number of carboxylic acid groups (broad SMARTS) is 1. The Labute approximate surface area is 226 Å². The largest absolute Gasteiger partial charge is 0.490 e. The summed E-state index contributed by atoms with van der Waals surface area (Å²) in [6.45, 7) is 4.15. The summed E-state index contributed by atoms with van der Waals surface area (Å²) in [6, 6.07) is 15.4. The van der Waals surface area contributed by atoms with E-state index in [1.807, 2.05) is 6.92 Å². The first-order valence-corrected chi connectivity index (χ1v) is 12.4. The molecule has 1 aliphatic rings. The number of nitrogens with one attached hydrogen (secondary N) is 1. The maximum absolute atomic E-state index is 13.2. The molecule has 0 aliphatic carbocycles. The summed E-state index contributed by atoms with van der Waals surface area (Å²) in [6.07, 6.45) is 1.39. The molecular weight excluding hydrogens is 556 g/mol. The Balaban J connectivity index is 1.59. The van der Waals surface area contributed by atoms with Crippen molar-refractivity contribution in [2.24, 2.45) is 0 Å². The van der Waals surface area contributed by atoms with Crippen molar-refractivity contribution >= 4 is 51.5 Å². The van der Waals surface area contributed by atoms with Crippen LogP contribution in [0.5, 0.6) is 11.5 Å². The summed E-state index contributed by atoms with van der Waals surface area (Å²) in [4.78, 5) is 50.3. The minimum Gasteiger partial charge on any atom is -0.490 e. The first-order chi connectivity index (χ1) is 18.2. The monoisotopic (exact) mass is 578 g/mol. The van der Waals surface area contributed by atoms with E-state index in [1.54, 1.807) is 55.5 Å². The van der Waals surface area contributed by atoms with Gasteiger partial charge in [0.2, 0.25) is 0 Å². The maximum atomic E-state index is 13.2. The van der Waals surface area contributed by atoms with Gasteiger partial charge < -0.3 is 14.6 Å². The zero-order valence-corrected chi connectivity index (χ0v) is 22.1. The van der Waals surface area contributed by atoms with Gasteiger partial charge in [-0.3, -0.25) is 14.9 Å². The third-order valence-electron chi connectivity index (χ3n) is 5.68. The lowest BCUT2D eigenvalue weighted by Gasteiger charge is -2.26. The van der Waals surface area contributed by atoms with Crippen molar-refractivity contribution in [3.8, 4) is 11.5 Å². The minimum absolute atomic E-state index is 0.172. The van der Waals surface area contributed by atoms with Gasteiger partial charge in [0.15, 0.2) is 11.5 Å². The number of anilines is 1. The van der Waals surface area contributed by atoms with Crippen LogP contribution in [0.3, 0.4) is 0 Å². The third-order valence-corrected chi connectivity index (χ3v) is 6.56. The molecule has 1 aliphatic heterocycles. The number of rotatable bonds is 8. The molecule has 0 bridgehead atoms. The number of carbonyl (C=O) groups is 4. The van der Waals surface area contributed by atoms with Crippen LogP contribution in [0.25, 0.3) is 6.08 Å². The van der Waals surface area contributed by atoms with Crippen LogP contribution in [0, 0.1) is 6.92 Å². The summed E-state index contributed by atoms with van der Waals surface area (Å²) < 4.78 is 12.4. The fourth-order valence-corrected chi connectivity index (χ4v) is 3.98. The zero-order chi connectivity index (χ0) is 27.4. The van der Waals surface area contributed by atoms with Crippen molar-refractivity contribution in [1.82, 2.24) is 5.32 Å². The molecule has 3 aromatic carbocycles. The van der Waals surface area contributed by atoms with E-state index in [1.165, 1.54) is 18.2 Å². The highest BCUT2D eigenvalue weighted by Crippen LogP contribution is 2.31. The Morgan fingerprint density at radius 1 is 1.00 bits per heavy atom. The molecule has 1 heterocycles. The van der Waals surface area contributed by atoms with Gasteiger partial charge in [-0.25, -0.2) is 14.5 Å². The number of nitrogens with zero attached hydrogens (tertiary/aromatic N) is 1. The Kier molecular flexibility index (Phi) is 7.92. The normalized spacial score (nSPS) is 14.4. The lowest BCUT2D eigenvalue weighted by Crippen LogP contribution is -2.54. The van der Waals surface area contributed by atoms with Gasteiger partial charge in [-0.05, 0) is 79.1 Å². The molecular formula is C28H23BrN2O7. The second kappa shape index (κ2) is 11.3. The van der Waals surface area contributed by atoms with E-state index in [2.05, 4.69) is 21.2 Å². The smallest absolute Gasteiger partial charge is 0.335 e. The predicted octanol–water partition coefficient (Wildman–Crippen LogP) is 5.10. The van der Waals surface area contributed by atoms with Gasteiger partial charge in [-0.2, -0.15) is 0 Å². The van der Waals surface area contributed by atoms with Gasteiger partial charge >= 0.3 is 12.0 Å². The molecule has 2 N–H and O–H groups in total. The Hall–Kier alpha value is -4.44. The average Bonchev–Trinajstić information content (AvgIpc) is 2.88. The number of hydrogen-bond acceptors (Lipinski definition) is 6. The fraction of sp³-hybridized carbons (Fsp3) is 0.143. The Bertz CT molecular complexity index is 1460. The Morgan fingerprint density at radius 3 is 2.39 bits per heavy atom. The number of carbonyl (C=O) groups excluding carboxylic acids is 3. The number of carboxylic acids is 1. The molecule has 10 heteroatoms. The molecule has 4 amide bonds. The second-order valence-corrected chi connectivity index (χ2v) is 9.18. The van der Waals surface area contributed by atoms with Crippen LogP contribution in [-0.2, 0) is 16.2 Å². The lowest BCUT2D eigenvalue weighted by atomic mass is 10.1. The number of aryl methyl sites for hydroxylation is 1. The minimum atomic E-state index is -1.01. The average molecular weight is 579 g/mol. The van der Waals surface area contributed by atoms with Gasteiger partial charge in [0.25, 0.3) is 11.8 Å². The van der Waals surface area contributed by atoms with Crippen LogP contribution in [0.4, 0.5) is 10.5 Å². The molecule has 0 saturated carbocycles. The third kappa shape index (κ3) is 5.76. The molecule has 0 radical (unpaired) electrons. The van der Waals surface area contributed by atoms with Gasteiger partial charge in [0.05, 0.1) is 17.9 Å². The van der Waals surface area contributed by atoms with Crippen LogP contribution >= 0.6 is 15.9 Å². The molecule has 0 unspecified atom stereocenters. The topological polar surface area (TPSA) is 122 Å². The number of ether oxygens (including phenoxy) is 2. The van der Waals surface area contributed by atoms with E-state index < -0.39 is 23.8 Å². The molecule has 38 heavy (non-hydrogen) atoms. The highest BCUT2D eigenvalue weighted by atomic mass is 79.9. The summed E-state index contributed by atoms with van der Waals surface area (Å²) >= 11 is 3.39. The standard InChI is InChI=1S/C28H23BrN2O7/c1-3-37-24-14-18(6-11-23(24)38-15-17-4-7-19(8-5-17)27(34)35)13-21-25(32)30-28(36)31(26(21)33)20-9-10-22(29)16(2)12-20/h4-14H,3,15H2,1-2H3,(H,34,35)(H,30,32,36). The van der Waals surface area contributed by atoms with Crippen molar-refractivity contribution in [3.63, 3.8) is 0 Å². The molecule has 3 aromatic rings. The molecule has 1 fully saturated rings. The number of aromatic carboxylic acids is 1. The van der Waals surface area contributed by atoms with E-state index in [-0.39, 0.29) is 17.7 Å². The van der Waals surface area contributed by atoms with Crippen molar-refractivity contribution < 1.29 is 33.8 Å². The second-order valence-electron chi connectivity index (χ2n) is 8.32. The summed E-state index contributed by atoms with van der Waals surface area (Å²) in [5.41, 5.74) is 2.38. The van der Waals surface area contributed by atoms with Crippen LogP contribution in [-0.4, -0.2) is 35.5 Å². The summed E-state index contributed by atoms with van der Waals surface area (Å²) in [5.74, 6) is -1.73. The highest BCUT2D eigenvalue weighted by molar-refractivity contribution is 9.10. The number of barbiturate groups is 1. The van der Waals surface area contributed by atoms with Crippen molar-refractivity contribution in [1.29, 1.82) is 0 Å². The van der Waals surface area contributed by atoms with E-state index >= 15 is 0 Å². The van der Waals surface area contributed by atoms with Crippen LogP contribution in [0.1, 0.15) is 34.0 Å². The first-order valence-electron chi connectivity index (χ1n) is 11.6. The molecule has 1 saturated heterocycles. The van der Waals surface area contributed by atoms with E-state index in [0.29, 0.717) is 29.4 Å². The van der Waals surface area contributed by atoms with Crippen LogP contribution < -0.4 is 19.7 Å². The summed E-state index contributed by atoms with van der Waals surface area (Å²) in [5, 5.41) is 11.3. The molecule has 0 atom stereocenters. The number of hydrogen-bond donors (Lipinski definition) is 2. The fourth-order valence-electron chi connectivity index (χ4n) is 3.73. The van der Waals surface area contributed by atoms with Crippen molar-refractivity contribution in [2.75, 3.05) is 11.5 Å². The van der Waals surface area contributed by atoms with Gasteiger partial charge in [-0.1, -0.05) is 34.1 Å². The summed E-state index contributed by atoms with van der Waals surface area (Å²) in [7, 11) is 0.